The van der Waals surface area contributed by atoms with Crippen molar-refractivity contribution in [1.82, 2.24) is 10.6 Å². The van der Waals surface area contributed by atoms with Gasteiger partial charge in [0.25, 0.3) is 0 Å². The molecule has 0 saturated heterocycles. The summed E-state index contributed by atoms with van der Waals surface area (Å²) in [6.07, 6.45) is 1.81. The molecule has 3 N–H and O–H groups in total. The Hall–Kier alpha value is -3.35. The lowest BCUT2D eigenvalue weighted by Gasteiger charge is -2.41. The van der Waals surface area contributed by atoms with Crippen molar-refractivity contribution in [2.45, 2.75) is 50.6 Å². The SMILES string of the molecule is C[C@H](CC(=O)N[C@H]1C[C@H]2CC(C(=O)O)C[C@H]21)NC(=O)OCC1c2ccccc2-c2ccccc21. The minimum atomic E-state index is -0.736. The molecule has 2 aromatic carbocycles. The van der Waals surface area contributed by atoms with Crippen LogP contribution < -0.4 is 10.6 Å². The number of hydrogen-bond acceptors (Lipinski definition) is 4. The predicted octanol–water partition coefficient (Wildman–Crippen LogP) is 3.92. The first-order valence-electron chi connectivity index (χ1n) is 12.0. The first-order chi connectivity index (χ1) is 16.4. The van der Waals surface area contributed by atoms with Gasteiger partial charge in [0.15, 0.2) is 0 Å². The molecule has 0 heterocycles. The van der Waals surface area contributed by atoms with Gasteiger partial charge in [-0.2, -0.15) is 0 Å². The van der Waals surface area contributed by atoms with Gasteiger partial charge in [-0.15, -0.1) is 0 Å². The number of nitrogens with one attached hydrogen (secondary N) is 2. The quantitative estimate of drug-likeness (QED) is 0.579. The van der Waals surface area contributed by atoms with Gasteiger partial charge in [0.2, 0.25) is 5.91 Å². The molecule has 0 spiro atoms. The Morgan fingerprint density at radius 1 is 1.00 bits per heavy atom. The first-order valence-corrected chi connectivity index (χ1v) is 12.0. The lowest BCUT2D eigenvalue weighted by molar-refractivity contribution is -0.141. The van der Waals surface area contributed by atoms with Crippen molar-refractivity contribution in [3.8, 4) is 11.1 Å². The molecule has 5 rings (SSSR count). The van der Waals surface area contributed by atoms with Crippen LogP contribution in [0.4, 0.5) is 4.79 Å². The number of alkyl carbamates (subject to hydrolysis) is 1. The minimum absolute atomic E-state index is 0.00985. The van der Waals surface area contributed by atoms with Crippen molar-refractivity contribution in [1.29, 1.82) is 0 Å². The summed E-state index contributed by atoms with van der Waals surface area (Å²) < 4.78 is 5.56. The Balaban J connectivity index is 1.09. The molecule has 2 saturated carbocycles. The molecule has 34 heavy (non-hydrogen) atoms. The van der Waals surface area contributed by atoms with Crippen LogP contribution in [0, 0.1) is 17.8 Å². The highest BCUT2D eigenvalue weighted by molar-refractivity contribution is 5.80. The van der Waals surface area contributed by atoms with Crippen LogP contribution in [0.2, 0.25) is 0 Å². The fourth-order valence-electron chi connectivity index (χ4n) is 6.03. The Morgan fingerprint density at radius 3 is 2.29 bits per heavy atom. The van der Waals surface area contributed by atoms with E-state index in [0.29, 0.717) is 18.8 Å². The molecule has 0 aromatic heterocycles. The second-order valence-electron chi connectivity index (χ2n) is 9.92. The average Bonchev–Trinajstić information content (AvgIpc) is 3.31. The first kappa shape index (κ1) is 22.4. The molecule has 0 aliphatic heterocycles. The number of benzene rings is 2. The molecule has 2 aromatic rings. The number of amides is 2. The lowest BCUT2D eigenvalue weighted by atomic mass is 9.71. The topological polar surface area (TPSA) is 105 Å². The second-order valence-corrected chi connectivity index (χ2v) is 9.92. The summed E-state index contributed by atoms with van der Waals surface area (Å²) in [5.41, 5.74) is 4.65. The number of carboxylic acids is 1. The van der Waals surface area contributed by atoms with E-state index in [4.69, 9.17) is 4.74 Å². The van der Waals surface area contributed by atoms with E-state index in [1.165, 1.54) is 11.1 Å². The van der Waals surface area contributed by atoms with E-state index >= 15 is 0 Å². The largest absolute Gasteiger partial charge is 0.481 e. The van der Waals surface area contributed by atoms with Crippen LogP contribution in [0.15, 0.2) is 48.5 Å². The monoisotopic (exact) mass is 462 g/mol. The van der Waals surface area contributed by atoms with Crippen LogP contribution in [0.5, 0.6) is 0 Å². The van der Waals surface area contributed by atoms with Gasteiger partial charge < -0.3 is 20.5 Å². The number of carbonyl (C=O) groups excluding carboxylic acids is 2. The smallest absolute Gasteiger partial charge is 0.407 e. The van der Waals surface area contributed by atoms with E-state index in [2.05, 4.69) is 34.9 Å². The van der Waals surface area contributed by atoms with Crippen molar-refractivity contribution in [3.05, 3.63) is 59.7 Å². The van der Waals surface area contributed by atoms with Gasteiger partial charge in [0.1, 0.15) is 6.61 Å². The normalized spacial score (nSPS) is 25.3. The summed E-state index contributed by atoms with van der Waals surface area (Å²) in [5, 5.41) is 15.0. The minimum Gasteiger partial charge on any atom is -0.481 e. The van der Waals surface area contributed by atoms with Crippen LogP contribution in [0.1, 0.15) is 49.7 Å². The Morgan fingerprint density at radius 2 is 1.65 bits per heavy atom. The van der Waals surface area contributed by atoms with Crippen LogP contribution in [0.25, 0.3) is 11.1 Å². The molecule has 2 amide bonds. The van der Waals surface area contributed by atoms with Crippen LogP contribution in [-0.2, 0) is 14.3 Å². The van der Waals surface area contributed by atoms with Crippen LogP contribution in [0.3, 0.4) is 0 Å². The van der Waals surface area contributed by atoms with Gasteiger partial charge in [-0.25, -0.2) is 4.79 Å². The van der Waals surface area contributed by atoms with Crippen LogP contribution >= 0.6 is 0 Å². The number of rotatable bonds is 7. The number of carboxylic acid groups (broad SMARTS) is 1. The predicted molar refractivity (Wildman–Crippen MR) is 126 cm³/mol. The summed E-state index contributed by atoms with van der Waals surface area (Å²) >= 11 is 0. The van der Waals surface area contributed by atoms with E-state index in [1.807, 2.05) is 24.3 Å². The van der Waals surface area contributed by atoms with Gasteiger partial charge in [0, 0.05) is 24.4 Å². The summed E-state index contributed by atoms with van der Waals surface area (Å²) in [4.78, 5) is 36.1. The molecule has 178 valence electrons. The zero-order chi connectivity index (χ0) is 23.8. The highest BCUT2D eigenvalue weighted by Gasteiger charge is 2.49. The Kier molecular flexibility index (Phi) is 6.02. The maximum absolute atomic E-state index is 12.5. The van der Waals surface area contributed by atoms with Gasteiger partial charge >= 0.3 is 12.1 Å². The standard InChI is InChI=1S/C27H30N2O5/c1-15(10-25(30)29-24-13-16-11-17(26(31)32)12-22(16)24)28-27(33)34-14-23-20-8-4-2-6-18(20)19-7-3-5-9-21(19)23/h2-9,15-17,22-24H,10-14H2,1H3,(H,28,33)(H,29,30)(H,31,32)/t15-,16-,17?,22-,24+/m1/s1. The van der Waals surface area contributed by atoms with E-state index in [-0.39, 0.29) is 48.8 Å². The molecule has 1 unspecified atom stereocenters. The average molecular weight is 463 g/mol. The Bertz CT molecular complexity index is 1070. The number of fused-ring (bicyclic) bond motifs is 4. The zero-order valence-corrected chi connectivity index (χ0v) is 19.2. The lowest BCUT2D eigenvalue weighted by Crippen LogP contribution is -2.51. The van der Waals surface area contributed by atoms with Gasteiger partial charge in [-0.1, -0.05) is 48.5 Å². The highest BCUT2D eigenvalue weighted by Crippen LogP contribution is 2.49. The molecule has 3 aliphatic carbocycles. The third-order valence-corrected chi connectivity index (χ3v) is 7.72. The second kappa shape index (κ2) is 9.12. The molecule has 2 fully saturated rings. The van der Waals surface area contributed by atoms with E-state index < -0.39 is 12.1 Å². The molecule has 0 bridgehead atoms. The maximum atomic E-state index is 12.5. The van der Waals surface area contributed by atoms with Crippen LogP contribution in [-0.4, -0.2) is 41.8 Å². The fourth-order valence-corrected chi connectivity index (χ4v) is 6.03. The number of carbonyl (C=O) groups is 3. The fraction of sp³-hybridized carbons (Fsp3) is 0.444. The Labute approximate surface area is 198 Å². The summed E-state index contributed by atoms with van der Waals surface area (Å²) in [6.45, 7) is 2.01. The molecular formula is C27H30N2O5. The van der Waals surface area contributed by atoms with Gasteiger partial charge in [0.05, 0.1) is 5.92 Å². The molecular weight excluding hydrogens is 432 g/mol. The van der Waals surface area contributed by atoms with E-state index in [1.54, 1.807) is 6.92 Å². The molecule has 3 aliphatic rings. The van der Waals surface area contributed by atoms with Gasteiger partial charge in [-0.3, -0.25) is 9.59 Å². The van der Waals surface area contributed by atoms with Crippen molar-refractivity contribution < 1.29 is 24.2 Å². The van der Waals surface area contributed by atoms with E-state index in [9.17, 15) is 19.5 Å². The maximum Gasteiger partial charge on any atom is 0.407 e. The molecule has 7 nitrogen and oxygen atoms in total. The van der Waals surface area contributed by atoms with Crippen molar-refractivity contribution in [2.24, 2.45) is 17.8 Å². The molecule has 5 atom stereocenters. The van der Waals surface area contributed by atoms with E-state index in [0.717, 1.165) is 17.5 Å². The molecule has 0 radical (unpaired) electrons. The highest BCUT2D eigenvalue weighted by atomic mass is 16.5. The number of aliphatic carboxylic acids is 1. The number of ether oxygens (including phenoxy) is 1. The summed E-state index contributed by atoms with van der Waals surface area (Å²) in [7, 11) is 0. The molecule has 7 heteroatoms. The number of hydrogen-bond donors (Lipinski definition) is 3. The van der Waals surface area contributed by atoms with Crippen molar-refractivity contribution >= 4 is 18.0 Å². The summed E-state index contributed by atoms with van der Waals surface area (Å²) in [5.74, 6) is -0.497. The summed E-state index contributed by atoms with van der Waals surface area (Å²) in [6, 6.07) is 16.0. The van der Waals surface area contributed by atoms with Crippen molar-refractivity contribution in [2.75, 3.05) is 6.61 Å². The zero-order valence-electron chi connectivity index (χ0n) is 19.2. The third-order valence-electron chi connectivity index (χ3n) is 7.72. The third kappa shape index (κ3) is 4.27. The van der Waals surface area contributed by atoms with Crippen molar-refractivity contribution in [3.63, 3.8) is 0 Å². The van der Waals surface area contributed by atoms with Gasteiger partial charge in [-0.05, 0) is 60.3 Å².